The van der Waals surface area contributed by atoms with E-state index >= 15 is 0 Å². The first-order valence-electron chi connectivity index (χ1n) is 6.26. The van der Waals surface area contributed by atoms with Crippen molar-refractivity contribution in [3.63, 3.8) is 0 Å². The molecule has 0 N–H and O–H groups in total. The largest absolute Gasteiger partial charge is 0.313 e. The Kier molecular flexibility index (Phi) is 3.42. The number of hydrogen-bond acceptors (Lipinski definition) is 0. The first-order valence-corrected chi connectivity index (χ1v) is 7.34. The minimum Gasteiger partial charge on any atom is -0.313 e. The lowest BCUT2D eigenvalue weighted by Gasteiger charge is -2.13. The van der Waals surface area contributed by atoms with Gasteiger partial charge in [0.25, 0.3) is 0 Å². The van der Waals surface area contributed by atoms with Gasteiger partial charge in [0.2, 0.25) is 0 Å². The van der Waals surface area contributed by atoms with Crippen LogP contribution in [0.2, 0.25) is 0 Å². The summed E-state index contributed by atoms with van der Waals surface area (Å²) in [7, 11) is 0. The second-order valence-electron chi connectivity index (χ2n) is 4.51. The van der Waals surface area contributed by atoms with Gasteiger partial charge in [-0.3, -0.25) is 0 Å². The van der Waals surface area contributed by atoms with Crippen molar-refractivity contribution in [2.24, 2.45) is 0 Å². The number of hydrogen-bond donors (Lipinski definition) is 0. The normalized spacial score (nSPS) is 10.6. The van der Waals surface area contributed by atoms with Crippen molar-refractivity contribution in [2.45, 2.75) is 6.92 Å². The molecule has 2 aromatic carbocycles. The molecule has 0 aliphatic carbocycles. The summed E-state index contributed by atoms with van der Waals surface area (Å²) >= 11 is 2.39. The molecule has 0 amide bonds. The number of benzene rings is 2. The van der Waals surface area contributed by atoms with E-state index in [1.807, 2.05) is 0 Å². The Balaban J connectivity index is 2.23. The van der Waals surface area contributed by atoms with Crippen LogP contribution >= 0.6 is 22.6 Å². The topological polar surface area (TPSA) is 4.93 Å². The fourth-order valence-electron chi connectivity index (χ4n) is 2.33. The number of aryl methyl sites for hydroxylation is 1. The molecular weight excluding hydrogens is 345 g/mol. The molecule has 0 aliphatic heterocycles. The highest BCUT2D eigenvalue weighted by Crippen LogP contribution is 2.28. The molecule has 3 rings (SSSR count). The van der Waals surface area contributed by atoms with Gasteiger partial charge in [-0.05, 0) is 59.3 Å². The summed E-state index contributed by atoms with van der Waals surface area (Å²) < 4.78 is 3.58. The molecule has 3 aromatic rings. The van der Waals surface area contributed by atoms with E-state index in [0.717, 1.165) is 0 Å². The van der Waals surface area contributed by atoms with E-state index in [4.69, 9.17) is 0 Å². The van der Waals surface area contributed by atoms with Gasteiger partial charge >= 0.3 is 0 Å². The lowest BCUT2D eigenvalue weighted by molar-refractivity contribution is 1.02. The molecule has 1 aromatic heterocycles. The highest BCUT2D eigenvalue weighted by Gasteiger charge is 2.10. The van der Waals surface area contributed by atoms with Crippen molar-refractivity contribution < 1.29 is 0 Å². The molecule has 0 bridgehead atoms. The summed E-state index contributed by atoms with van der Waals surface area (Å²) in [6.07, 6.45) is 0. The molecule has 1 nitrogen and oxygen atoms in total. The van der Waals surface area contributed by atoms with E-state index in [0.29, 0.717) is 0 Å². The summed E-state index contributed by atoms with van der Waals surface area (Å²) in [5.74, 6) is 0. The standard InChI is InChI=1S/C17H14IN/c1-13-11-12-16(14-7-3-2-4-8-14)19(13)17-10-6-5-9-15(17)18/h2-12H,1H3. The Morgan fingerprint density at radius 3 is 2.21 bits per heavy atom. The maximum atomic E-state index is 2.39. The highest BCUT2D eigenvalue weighted by molar-refractivity contribution is 14.1. The fraction of sp³-hybridized carbons (Fsp3) is 0.0588. The molecule has 0 saturated heterocycles. The second-order valence-corrected chi connectivity index (χ2v) is 5.67. The van der Waals surface area contributed by atoms with Gasteiger partial charge in [0.15, 0.2) is 0 Å². The molecule has 2 heteroatoms. The molecule has 0 fully saturated rings. The number of para-hydroxylation sites is 1. The Labute approximate surface area is 127 Å². The lowest BCUT2D eigenvalue weighted by Crippen LogP contribution is -2.00. The van der Waals surface area contributed by atoms with Crippen LogP contribution < -0.4 is 0 Å². The van der Waals surface area contributed by atoms with E-state index in [1.54, 1.807) is 0 Å². The van der Waals surface area contributed by atoms with Gasteiger partial charge in [-0.15, -0.1) is 0 Å². The van der Waals surface area contributed by atoms with Gasteiger partial charge in [-0.1, -0.05) is 42.5 Å². The molecular formula is C17H14IN. The van der Waals surface area contributed by atoms with Crippen LogP contribution in [0.15, 0.2) is 66.7 Å². The van der Waals surface area contributed by atoms with Crippen LogP contribution in [-0.2, 0) is 0 Å². The summed E-state index contributed by atoms with van der Waals surface area (Å²) in [5.41, 5.74) is 4.98. The summed E-state index contributed by atoms with van der Waals surface area (Å²) in [6, 6.07) is 23.4. The molecule has 0 aliphatic rings. The molecule has 19 heavy (non-hydrogen) atoms. The van der Waals surface area contributed by atoms with Crippen molar-refractivity contribution in [3.8, 4) is 16.9 Å². The van der Waals surface area contributed by atoms with Gasteiger partial charge in [0.05, 0.1) is 11.4 Å². The van der Waals surface area contributed by atoms with E-state index in [1.165, 1.54) is 26.2 Å². The predicted octanol–water partition coefficient (Wildman–Crippen LogP) is 5.06. The Morgan fingerprint density at radius 2 is 1.47 bits per heavy atom. The maximum Gasteiger partial charge on any atom is 0.0592 e. The number of halogens is 1. The van der Waals surface area contributed by atoms with E-state index in [-0.39, 0.29) is 0 Å². The monoisotopic (exact) mass is 359 g/mol. The van der Waals surface area contributed by atoms with Crippen molar-refractivity contribution in [3.05, 3.63) is 76.0 Å². The minimum absolute atomic E-state index is 1.24. The van der Waals surface area contributed by atoms with Gasteiger partial charge in [-0.2, -0.15) is 0 Å². The average Bonchev–Trinajstić information content (AvgIpc) is 2.82. The molecule has 0 saturated carbocycles. The first kappa shape index (κ1) is 12.5. The zero-order chi connectivity index (χ0) is 13.2. The predicted molar refractivity (Wildman–Crippen MR) is 88.7 cm³/mol. The number of rotatable bonds is 2. The molecule has 0 unspecified atom stereocenters. The van der Waals surface area contributed by atoms with Crippen molar-refractivity contribution >= 4 is 22.6 Å². The maximum absolute atomic E-state index is 2.39. The Morgan fingerprint density at radius 1 is 0.789 bits per heavy atom. The fourth-order valence-corrected chi connectivity index (χ4v) is 2.95. The van der Waals surface area contributed by atoms with Gasteiger partial charge in [-0.25, -0.2) is 0 Å². The van der Waals surface area contributed by atoms with Gasteiger partial charge < -0.3 is 4.57 Å². The number of aromatic nitrogens is 1. The smallest absolute Gasteiger partial charge is 0.0592 e. The van der Waals surface area contributed by atoms with Crippen LogP contribution in [-0.4, -0.2) is 4.57 Å². The molecule has 0 spiro atoms. The Hall–Kier alpha value is -1.55. The van der Waals surface area contributed by atoms with Crippen LogP contribution in [0.4, 0.5) is 0 Å². The van der Waals surface area contributed by atoms with E-state index in [2.05, 4.69) is 101 Å². The van der Waals surface area contributed by atoms with E-state index < -0.39 is 0 Å². The summed E-state index contributed by atoms with van der Waals surface area (Å²) in [4.78, 5) is 0. The average molecular weight is 359 g/mol. The molecule has 1 heterocycles. The van der Waals surface area contributed by atoms with Crippen LogP contribution in [0.3, 0.4) is 0 Å². The van der Waals surface area contributed by atoms with Crippen LogP contribution in [0, 0.1) is 10.5 Å². The van der Waals surface area contributed by atoms with Gasteiger partial charge in [0, 0.05) is 9.26 Å². The summed E-state index contributed by atoms with van der Waals surface area (Å²) in [6.45, 7) is 2.15. The van der Waals surface area contributed by atoms with Crippen LogP contribution in [0.1, 0.15) is 5.69 Å². The van der Waals surface area contributed by atoms with E-state index in [9.17, 15) is 0 Å². The van der Waals surface area contributed by atoms with Crippen LogP contribution in [0.5, 0.6) is 0 Å². The minimum atomic E-state index is 1.24. The first-order chi connectivity index (χ1) is 9.27. The summed E-state index contributed by atoms with van der Waals surface area (Å²) in [5, 5.41) is 0. The van der Waals surface area contributed by atoms with Crippen molar-refractivity contribution in [1.82, 2.24) is 4.57 Å². The second kappa shape index (κ2) is 5.21. The Bertz CT molecular complexity index is 698. The third-order valence-corrected chi connectivity index (χ3v) is 4.15. The third-order valence-electron chi connectivity index (χ3n) is 3.24. The molecule has 0 atom stereocenters. The third kappa shape index (κ3) is 2.32. The van der Waals surface area contributed by atoms with Crippen molar-refractivity contribution in [2.75, 3.05) is 0 Å². The zero-order valence-corrected chi connectivity index (χ0v) is 12.8. The zero-order valence-electron chi connectivity index (χ0n) is 10.7. The van der Waals surface area contributed by atoms with Crippen LogP contribution in [0.25, 0.3) is 16.9 Å². The lowest BCUT2D eigenvalue weighted by atomic mass is 10.1. The molecule has 0 radical (unpaired) electrons. The number of nitrogens with zero attached hydrogens (tertiary/aromatic N) is 1. The van der Waals surface area contributed by atoms with Gasteiger partial charge in [0.1, 0.15) is 0 Å². The SMILES string of the molecule is Cc1ccc(-c2ccccc2)n1-c1ccccc1I. The quantitative estimate of drug-likeness (QED) is 0.564. The van der Waals surface area contributed by atoms with Crippen molar-refractivity contribution in [1.29, 1.82) is 0 Å². The molecule has 94 valence electrons. The highest BCUT2D eigenvalue weighted by atomic mass is 127.